The van der Waals surface area contributed by atoms with Crippen LogP contribution in [0.1, 0.15) is 16.1 Å². The molecular weight excluding hydrogens is 382 g/mol. The summed E-state index contributed by atoms with van der Waals surface area (Å²) in [5, 5.41) is 11.9. The van der Waals surface area contributed by atoms with Crippen molar-refractivity contribution in [2.75, 3.05) is 5.32 Å². The first-order chi connectivity index (χ1) is 11.0. The van der Waals surface area contributed by atoms with Gasteiger partial charge in [0.15, 0.2) is 11.5 Å². The quantitative estimate of drug-likeness (QED) is 0.738. The molecule has 0 spiro atoms. The fraction of sp³-hybridized carbons (Fsp3) is 0.133. The molecule has 1 aromatic carbocycles. The number of halogens is 2. The van der Waals surface area contributed by atoms with Crippen LogP contribution in [-0.4, -0.2) is 25.5 Å². The zero-order chi connectivity index (χ0) is 16.4. The Kier molecular flexibility index (Phi) is 4.49. The summed E-state index contributed by atoms with van der Waals surface area (Å²) < 4.78 is 3.95. The molecule has 3 rings (SSSR count). The molecule has 118 valence electrons. The third kappa shape index (κ3) is 3.80. The van der Waals surface area contributed by atoms with Gasteiger partial charge in [-0.1, -0.05) is 23.7 Å². The lowest BCUT2D eigenvalue weighted by Crippen LogP contribution is -2.14. The second kappa shape index (κ2) is 6.55. The van der Waals surface area contributed by atoms with E-state index in [-0.39, 0.29) is 5.91 Å². The number of nitrogens with zero attached hydrogens (tertiary/aromatic N) is 4. The van der Waals surface area contributed by atoms with Crippen molar-refractivity contribution in [2.45, 2.75) is 6.54 Å². The summed E-state index contributed by atoms with van der Waals surface area (Å²) in [6.07, 6.45) is 3.52. The highest BCUT2D eigenvalue weighted by atomic mass is 79.9. The van der Waals surface area contributed by atoms with Crippen LogP contribution in [0.5, 0.6) is 0 Å². The van der Waals surface area contributed by atoms with Gasteiger partial charge >= 0.3 is 0 Å². The van der Waals surface area contributed by atoms with Gasteiger partial charge in [0.25, 0.3) is 5.91 Å². The molecule has 0 bridgehead atoms. The number of nitrogens with one attached hydrogen (secondary N) is 1. The maximum Gasteiger partial charge on any atom is 0.278 e. The van der Waals surface area contributed by atoms with E-state index in [0.717, 1.165) is 5.56 Å². The number of hydrogen-bond donors (Lipinski definition) is 1. The van der Waals surface area contributed by atoms with Gasteiger partial charge < -0.3 is 5.32 Å². The Balaban J connectivity index is 1.68. The molecule has 0 aliphatic rings. The normalized spacial score (nSPS) is 10.7. The van der Waals surface area contributed by atoms with E-state index in [2.05, 4.69) is 31.4 Å². The number of amides is 1. The summed E-state index contributed by atoms with van der Waals surface area (Å²) in [5.74, 6) is 0.163. The summed E-state index contributed by atoms with van der Waals surface area (Å²) in [5.41, 5.74) is 1.39. The van der Waals surface area contributed by atoms with Crippen molar-refractivity contribution in [3.05, 3.63) is 63.5 Å². The summed E-state index contributed by atoms with van der Waals surface area (Å²) in [6, 6.07) is 9.29. The molecule has 23 heavy (non-hydrogen) atoms. The third-order valence-electron chi connectivity index (χ3n) is 3.14. The summed E-state index contributed by atoms with van der Waals surface area (Å²) in [4.78, 5) is 12.2. The molecule has 0 saturated heterocycles. The van der Waals surface area contributed by atoms with Gasteiger partial charge in [-0.15, -0.1) is 0 Å². The van der Waals surface area contributed by atoms with Crippen LogP contribution in [0.3, 0.4) is 0 Å². The van der Waals surface area contributed by atoms with Crippen LogP contribution in [0, 0.1) is 0 Å². The minimum Gasteiger partial charge on any atom is -0.304 e. The van der Waals surface area contributed by atoms with Crippen LogP contribution in [0.4, 0.5) is 5.82 Å². The molecule has 0 aliphatic heterocycles. The van der Waals surface area contributed by atoms with Crippen LogP contribution < -0.4 is 5.32 Å². The van der Waals surface area contributed by atoms with E-state index in [1.54, 1.807) is 34.9 Å². The first-order valence-corrected chi connectivity index (χ1v) is 7.97. The average Bonchev–Trinajstić information content (AvgIpc) is 3.07. The Labute approximate surface area is 146 Å². The molecule has 0 unspecified atom stereocenters. The Bertz CT molecular complexity index is 840. The van der Waals surface area contributed by atoms with Crippen LogP contribution in [0.25, 0.3) is 0 Å². The molecule has 0 aliphatic carbocycles. The Morgan fingerprint density at radius 3 is 2.65 bits per heavy atom. The van der Waals surface area contributed by atoms with E-state index in [1.165, 1.54) is 0 Å². The van der Waals surface area contributed by atoms with E-state index in [9.17, 15) is 4.79 Å². The minimum absolute atomic E-state index is 0.311. The highest BCUT2D eigenvalue weighted by Gasteiger charge is 2.15. The Hall–Kier alpha value is -2.12. The lowest BCUT2D eigenvalue weighted by Gasteiger charge is -2.02. The van der Waals surface area contributed by atoms with E-state index in [1.807, 2.05) is 24.3 Å². The molecule has 1 amide bonds. The molecule has 1 N–H and O–H groups in total. The van der Waals surface area contributed by atoms with Crippen LogP contribution in [0.15, 0.2) is 47.2 Å². The molecule has 6 nitrogen and oxygen atoms in total. The Morgan fingerprint density at radius 2 is 2.00 bits per heavy atom. The van der Waals surface area contributed by atoms with Gasteiger partial charge in [-0.25, -0.2) is 0 Å². The fourth-order valence-electron chi connectivity index (χ4n) is 2.08. The summed E-state index contributed by atoms with van der Waals surface area (Å²) in [6.45, 7) is 0.598. The zero-order valence-electron chi connectivity index (χ0n) is 12.2. The topological polar surface area (TPSA) is 64.7 Å². The fourth-order valence-corrected chi connectivity index (χ4v) is 2.76. The van der Waals surface area contributed by atoms with Crippen molar-refractivity contribution in [1.82, 2.24) is 19.6 Å². The first-order valence-electron chi connectivity index (χ1n) is 6.79. The van der Waals surface area contributed by atoms with Crippen molar-refractivity contribution in [1.29, 1.82) is 0 Å². The number of aromatic nitrogens is 4. The van der Waals surface area contributed by atoms with E-state index < -0.39 is 0 Å². The van der Waals surface area contributed by atoms with E-state index in [4.69, 9.17) is 11.6 Å². The van der Waals surface area contributed by atoms with Crippen LogP contribution in [0.2, 0.25) is 5.02 Å². The predicted octanol–water partition coefficient (Wildman–Crippen LogP) is 3.33. The van der Waals surface area contributed by atoms with Gasteiger partial charge in [0.1, 0.15) is 0 Å². The lowest BCUT2D eigenvalue weighted by molar-refractivity contribution is 0.102. The van der Waals surface area contributed by atoms with Crippen molar-refractivity contribution in [2.24, 2.45) is 7.05 Å². The molecule has 3 aromatic rings. The highest BCUT2D eigenvalue weighted by molar-refractivity contribution is 9.10. The van der Waals surface area contributed by atoms with Crippen LogP contribution >= 0.6 is 27.5 Å². The van der Waals surface area contributed by atoms with Gasteiger partial charge in [0, 0.05) is 30.5 Å². The second-order valence-electron chi connectivity index (χ2n) is 4.98. The molecule has 0 fully saturated rings. The second-order valence-corrected chi connectivity index (χ2v) is 6.27. The van der Waals surface area contributed by atoms with Gasteiger partial charge in [-0.2, -0.15) is 10.2 Å². The molecule has 0 atom stereocenters. The number of anilines is 1. The van der Waals surface area contributed by atoms with E-state index in [0.29, 0.717) is 27.6 Å². The number of rotatable bonds is 4. The number of benzene rings is 1. The maximum atomic E-state index is 12.2. The van der Waals surface area contributed by atoms with Crippen molar-refractivity contribution < 1.29 is 4.79 Å². The molecule has 0 radical (unpaired) electrons. The molecular formula is C15H13BrClN5O. The zero-order valence-corrected chi connectivity index (χ0v) is 14.5. The number of carbonyl (C=O) groups is 1. The van der Waals surface area contributed by atoms with Gasteiger partial charge in [-0.05, 0) is 33.6 Å². The van der Waals surface area contributed by atoms with Gasteiger partial charge in [0.2, 0.25) is 0 Å². The van der Waals surface area contributed by atoms with Crippen molar-refractivity contribution >= 4 is 39.3 Å². The predicted molar refractivity (Wildman–Crippen MR) is 91.6 cm³/mol. The van der Waals surface area contributed by atoms with Gasteiger partial charge in [-0.3, -0.25) is 14.2 Å². The van der Waals surface area contributed by atoms with E-state index >= 15 is 0 Å². The highest BCUT2D eigenvalue weighted by Crippen LogP contribution is 2.16. The third-order valence-corrected chi connectivity index (χ3v) is 3.97. The largest absolute Gasteiger partial charge is 0.304 e. The number of hydrogen-bond acceptors (Lipinski definition) is 3. The summed E-state index contributed by atoms with van der Waals surface area (Å²) in [7, 11) is 1.75. The maximum absolute atomic E-state index is 12.2. The monoisotopic (exact) mass is 393 g/mol. The lowest BCUT2D eigenvalue weighted by atomic mass is 10.2. The standard InChI is InChI=1S/C15H13BrClN5O/c1-21-9-12(16)14(20-21)15(23)18-13-6-7-22(19-13)8-10-2-4-11(17)5-3-10/h2-7,9H,8H2,1H3,(H,18,19,23). The average molecular weight is 395 g/mol. The molecule has 2 heterocycles. The molecule has 8 heteroatoms. The minimum atomic E-state index is -0.311. The molecule has 2 aromatic heterocycles. The summed E-state index contributed by atoms with van der Waals surface area (Å²) >= 11 is 9.17. The number of carbonyl (C=O) groups excluding carboxylic acids is 1. The first kappa shape index (κ1) is 15.8. The molecule has 0 saturated carbocycles. The van der Waals surface area contributed by atoms with Gasteiger partial charge in [0.05, 0.1) is 11.0 Å². The smallest absolute Gasteiger partial charge is 0.278 e. The Morgan fingerprint density at radius 1 is 1.26 bits per heavy atom. The van der Waals surface area contributed by atoms with Crippen molar-refractivity contribution in [3.63, 3.8) is 0 Å². The van der Waals surface area contributed by atoms with Crippen molar-refractivity contribution in [3.8, 4) is 0 Å². The SMILES string of the molecule is Cn1cc(Br)c(C(=O)Nc2ccn(Cc3ccc(Cl)cc3)n2)n1. The van der Waals surface area contributed by atoms with Crippen LogP contribution in [-0.2, 0) is 13.6 Å². The number of aryl methyl sites for hydroxylation is 1.